The minimum Gasteiger partial charge on any atom is -0.389 e. The average Bonchev–Trinajstić information content (AvgIpc) is 2.90. The number of hydrogen-bond acceptors (Lipinski definition) is 3. The molecule has 0 saturated carbocycles. The Hall–Kier alpha value is -2.14. The van der Waals surface area contributed by atoms with Gasteiger partial charge in [0.15, 0.2) is 0 Å². The lowest BCUT2D eigenvalue weighted by atomic mass is 9.89. The maximum atomic E-state index is 12.5. The zero-order valence-corrected chi connectivity index (χ0v) is 14.4. The van der Waals surface area contributed by atoms with E-state index < -0.39 is 5.60 Å². The largest absolute Gasteiger partial charge is 0.389 e. The summed E-state index contributed by atoms with van der Waals surface area (Å²) < 4.78 is 1.72. The number of hydrogen-bond donors (Lipinski definition) is 2. The van der Waals surface area contributed by atoms with Crippen LogP contribution in [0, 0.1) is 0 Å². The van der Waals surface area contributed by atoms with Gasteiger partial charge in [-0.3, -0.25) is 4.79 Å². The number of rotatable bonds is 4. The van der Waals surface area contributed by atoms with Crippen molar-refractivity contribution in [3.05, 3.63) is 47.8 Å². The van der Waals surface area contributed by atoms with Crippen LogP contribution in [0.25, 0.3) is 5.69 Å². The smallest absolute Gasteiger partial charge is 0.254 e. The molecule has 2 aromatic rings. The number of carbonyl (C=O) groups is 1. The molecule has 23 heavy (non-hydrogen) atoms. The summed E-state index contributed by atoms with van der Waals surface area (Å²) in [6.45, 7) is 9.58. The van der Waals surface area contributed by atoms with Gasteiger partial charge in [-0.2, -0.15) is 5.10 Å². The number of benzene rings is 1. The van der Waals surface area contributed by atoms with Crippen LogP contribution in [0.5, 0.6) is 0 Å². The third-order valence-electron chi connectivity index (χ3n) is 3.37. The van der Waals surface area contributed by atoms with Gasteiger partial charge in [-0.25, -0.2) is 4.68 Å². The average molecular weight is 315 g/mol. The molecule has 0 radical (unpaired) electrons. The predicted molar refractivity (Wildman–Crippen MR) is 90.9 cm³/mol. The molecule has 1 aromatic carbocycles. The standard InChI is InChI=1S/C18H25N3O2/c1-17(2,3)15-14(16(22)19-12-18(4,5)23)11-21(20-15)13-9-7-6-8-10-13/h6-11,23H,12H2,1-5H3,(H,19,22). The molecule has 2 rings (SSSR count). The van der Waals surface area contributed by atoms with Gasteiger partial charge in [-0.1, -0.05) is 39.0 Å². The Morgan fingerprint density at radius 1 is 1.17 bits per heavy atom. The third-order valence-corrected chi connectivity index (χ3v) is 3.37. The number of nitrogens with zero attached hydrogens (tertiary/aromatic N) is 2. The number of aliphatic hydroxyl groups is 1. The molecule has 124 valence electrons. The van der Waals surface area contributed by atoms with Crippen LogP contribution in [0.3, 0.4) is 0 Å². The molecule has 5 nitrogen and oxygen atoms in total. The highest BCUT2D eigenvalue weighted by molar-refractivity contribution is 5.95. The van der Waals surface area contributed by atoms with E-state index in [2.05, 4.69) is 10.4 Å². The Labute approximate surface area is 137 Å². The van der Waals surface area contributed by atoms with Crippen molar-refractivity contribution in [2.45, 2.75) is 45.6 Å². The van der Waals surface area contributed by atoms with Crippen molar-refractivity contribution in [2.75, 3.05) is 6.54 Å². The Morgan fingerprint density at radius 2 is 1.78 bits per heavy atom. The number of carbonyl (C=O) groups excluding carboxylic acids is 1. The lowest BCUT2D eigenvalue weighted by Crippen LogP contribution is -2.38. The molecular formula is C18H25N3O2. The maximum Gasteiger partial charge on any atom is 0.254 e. The molecule has 1 aromatic heterocycles. The zero-order valence-electron chi connectivity index (χ0n) is 14.4. The summed E-state index contributed by atoms with van der Waals surface area (Å²) in [5.41, 5.74) is 0.953. The van der Waals surface area contributed by atoms with Gasteiger partial charge in [0.2, 0.25) is 0 Å². The zero-order chi connectivity index (χ0) is 17.3. The monoisotopic (exact) mass is 315 g/mol. The topological polar surface area (TPSA) is 67.2 Å². The molecule has 0 aliphatic heterocycles. The summed E-state index contributed by atoms with van der Waals surface area (Å²) in [6, 6.07) is 9.69. The number of aromatic nitrogens is 2. The first-order chi connectivity index (χ1) is 10.6. The van der Waals surface area contributed by atoms with Crippen LogP contribution in [0.15, 0.2) is 36.5 Å². The Bertz CT molecular complexity index is 677. The van der Waals surface area contributed by atoms with E-state index in [4.69, 9.17) is 0 Å². The SMILES string of the molecule is CC(C)(O)CNC(=O)c1cn(-c2ccccc2)nc1C(C)(C)C. The highest BCUT2D eigenvalue weighted by atomic mass is 16.3. The van der Waals surface area contributed by atoms with Crippen LogP contribution in [0.4, 0.5) is 0 Å². The van der Waals surface area contributed by atoms with Gasteiger partial charge >= 0.3 is 0 Å². The highest BCUT2D eigenvalue weighted by Gasteiger charge is 2.27. The summed E-state index contributed by atoms with van der Waals surface area (Å²) in [7, 11) is 0. The molecule has 1 heterocycles. The second-order valence-electron chi connectivity index (χ2n) is 7.42. The van der Waals surface area contributed by atoms with Crippen LogP contribution >= 0.6 is 0 Å². The molecule has 2 N–H and O–H groups in total. The minimum atomic E-state index is -0.951. The molecule has 0 unspecified atom stereocenters. The van der Waals surface area contributed by atoms with E-state index in [-0.39, 0.29) is 17.9 Å². The van der Waals surface area contributed by atoms with E-state index >= 15 is 0 Å². The van der Waals surface area contributed by atoms with Crippen molar-refractivity contribution in [1.29, 1.82) is 0 Å². The van der Waals surface area contributed by atoms with Crippen LogP contribution in [0.1, 0.15) is 50.7 Å². The van der Waals surface area contributed by atoms with Crippen molar-refractivity contribution in [3.8, 4) is 5.69 Å². The summed E-state index contributed by atoms with van der Waals surface area (Å²) >= 11 is 0. The van der Waals surface area contributed by atoms with Gasteiger partial charge in [-0.15, -0.1) is 0 Å². The number of nitrogens with one attached hydrogen (secondary N) is 1. The molecule has 5 heteroatoms. The van der Waals surface area contributed by atoms with Crippen molar-refractivity contribution < 1.29 is 9.90 Å². The minimum absolute atomic E-state index is 0.186. The van der Waals surface area contributed by atoms with Gasteiger partial charge in [-0.05, 0) is 26.0 Å². The molecule has 0 fully saturated rings. The van der Waals surface area contributed by atoms with E-state index in [9.17, 15) is 9.90 Å². The molecule has 0 bridgehead atoms. The van der Waals surface area contributed by atoms with Crippen molar-refractivity contribution >= 4 is 5.91 Å². The van der Waals surface area contributed by atoms with Gasteiger partial charge in [0, 0.05) is 18.2 Å². The second kappa shape index (κ2) is 6.16. The van der Waals surface area contributed by atoms with Crippen LogP contribution in [0.2, 0.25) is 0 Å². The predicted octanol–water partition coefficient (Wildman–Crippen LogP) is 2.67. The Morgan fingerprint density at radius 3 is 2.30 bits per heavy atom. The summed E-state index contributed by atoms with van der Waals surface area (Å²) in [5, 5.41) is 17.2. The fourth-order valence-corrected chi connectivity index (χ4v) is 2.20. The molecule has 0 atom stereocenters. The summed E-state index contributed by atoms with van der Waals surface area (Å²) in [4.78, 5) is 12.5. The molecule has 0 spiro atoms. The highest BCUT2D eigenvalue weighted by Crippen LogP contribution is 2.25. The molecule has 0 saturated heterocycles. The first-order valence-electron chi connectivity index (χ1n) is 7.74. The van der Waals surface area contributed by atoms with E-state index in [1.165, 1.54) is 0 Å². The quantitative estimate of drug-likeness (QED) is 0.911. The van der Waals surface area contributed by atoms with Gasteiger partial charge in [0.1, 0.15) is 0 Å². The van der Waals surface area contributed by atoms with Crippen molar-refractivity contribution in [1.82, 2.24) is 15.1 Å². The molecule has 0 aliphatic carbocycles. The summed E-state index contributed by atoms with van der Waals surface area (Å²) in [5.74, 6) is -0.223. The normalized spacial score (nSPS) is 12.3. The van der Waals surface area contributed by atoms with Crippen LogP contribution in [-0.4, -0.2) is 32.9 Å². The van der Waals surface area contributed by atoms with Crippen LogP contribution in [-0.2, 0) is 5.41 Å². The van der Waals surface area contributed by atoms with Crippen molar-refractivity contribution in [2.24, 2.45) is 0 Å². The van der Waals surface area contributed by atoms with E-state index in [0.29, 0.717) is 5.56 Å². The van der Waals surface area contributed by atoms with E-state index in [0.717, 1.165) is 11.4 Å². The molecule has 1 amide bonds. The fraction of sp³-hybridized carbons (Fsp3) is 0.444. The molecule has 0 aliphatic rings. The van der Waals surface area contributed by atoms with E-state index in [1.54, 1.807) is 24.7 Å². The second-order valence-corrected chi connectivity index (χ2v) is 7.42. The van der Waals surface area contributed by atoms with Gasteiger partial charge < -0.3 is 10.4 Å². The number of amides is 1. The van der Waals surface area contributed by atoms with E-state index in [1.807, 2.05) is 51.1 Å². The lowest BCUT2D eigenvalue weighted by Gasteiger charge is -2.19. The van der Waals surface area contributed by atoms with Gasteiger partial charge in [0.25, 0.3) is 5.91 Å². The number of para-hydroxylation sites is 1. The summed E-state index contributed by atoms with van der Waals surface area (Å²) in [6.07, 6.45) is 1.75. The first kappa shape index (κ1) is 17.2. The lowest BCUT2D eigenvalue weighted by molar-refractivity contribution is 0.0693. The third kappa shape index (κ3) is 4.42. The van der Waals surface area contributed by atoms with Gasteiger partial charge in [0.05, 0.1) is 22.5 Å². The molecular weight excluding hydrogens is 290 g/mol. The maximum absolute atomic E-state index is 12.5. The fourth-order valence-electron chi connectivity index (χ4n) is 2.20. The van der Waals surface area contributed by atoms with Crippen LogP contribution < -0.4 is 5.32 Å². The Balaban J connectivity index is 2.38. The first-order valence-corrected chi connectivity index (χ1v) is 7.74. The Kier molecular flexibility index (Phi) is 4.61. The van der Waals surface area contributed by atoms with Crippen molar-refractivity contribution in [3.63, 3.8) is 0 Å².